The third-order valence-corrected chi connectivity index (χ3v) is 4.42. The van der Waals surface area contributed by atoms with Crippen molar-refractivity contribution < 1.29 is 0 Å². The first-order valence-electron chi connectivity index (χ1n) is 6.11. The zero-order chi connectivity index (χ0) is 11.8. The van der Waals surface area contributed by atoms with Gasteiger partial charge in [-0.05, 0) is 26.7 Å². The van der Waals surface area contributed by atoms with Crippen LogP contribution in [0.15, 0.2) is 0 Å². The van der Waals surface area contributed by atoms with E-state index in [1.54, 1.807) is 11.3 Å². The predicted molar refractivity (Wildman–Crippen MR) is 68.2 cm³/mol. The summed E-state index contributed by atoms with van der Waals surface area (Å²) in [4.78, 5) is 10.2. The molecule has 0 spiro atoms. The van der Waals surface area contributed by atoms with E-state index in [0.29, 0.717) is 5.92 Å². The van der Waals surface area contributed by atoms with Crippen molar-refractivity contribution in [2.45, 2.75) is 45.4 Å². The molecule has 0 radical (unpaired) electrons. The molecule has 5 heteroatoms. The van der Waals surface area contributed by atoms with Crippen molar-refractivity contribution in [2.24, 2.45) is 0 Å². The number of hydrogen-bond acceptors (Lipinski definition) is 4. The van der Waals surface area contributed by atoms with Crippen molar-refractivity contribution in [3.8, 4) is 10.7 Å². The molecule has 0 bridgehead atoms. The Hall–Kier alpha value is -1.23. The summed E-state index contributed by atoms with van der Waals surface area (Å²) in [6, 6.07) is 0. The highest BCUT2D eigenvalue weighted by molar-refractivity contribution is 7.15. The summed E-state index contributed by atoms with van der Waals surface area (Å²) in [6.07, 6.45) is 5.13. The molecule has 1 fully saturated rings. The maximum atomic E-state index is 4.64. The Morgan fingerprint density at radius 3 is 2.59 bits per heavy atom. The first kappa shape index (κ1) is 10.9. The van der Waals surface area contributed by atoms with E-state index in [0.717, 1.165) is 27.2 Å². The molecule has 0 unspecified atom stereocenters. The van der Waals surface area contributed by atoms with Gasteiger partial charge in [-0.25, -0.2) is 9.97 Å². The number of nitrogens with zero attached hydrogens (tertiary/aromatic N) is 3. The minimum atomic E-state index is 0.588. The second-order valence-corrected chi connectivity index (χ2v) is 5.88. The van der Waals surface area contributed by atoms with Crippen LogP contribution < -0.4 is 0 Å². The number of aryl methyl sites for hydroxylation is 2. The van der Waals surface area contributed by atoms with Crippen LogP contribution in [0.4, 0.5) is 0 Å². The van der Waals surface area contributed by atoms with Crippen LogP contribution in [0.3, 0.4) is 0 Å². The third kappa shape index (κ3) is 1.99. The number of nitrogens with one attached hydrogen (secondary N) is 1. The van der Waals surface area contributed by atoms with E-state index in [1.165, 1.54) is 25.7 Å². The molecule has 0 saturated heterocycles. The molecule has 17 heavy (non-hydrogen) atoms. The Balaban J connectivity index is 1.91. The van der Waals surface area contributed by atoms with Crippen LogP contribution in [0.2, 0.25) is 0 Å². The van der Waals surface area contributed by atoms with Crippen LogP contribution in [0, 0.1) is 13.8 Å². The fourth-order valence-corrected chi connectivity index (χ4v) is 3.35. The quantitative estimate of drug-likeness (QED) is 0.888. The van der Waals surface area contributed by atoms with Crippen LogP contribution in [0.1, 0.15) is 48.1 Å². The maximum absolute atomic E-state index is 4.64. The minimum Gasteiger partial charge on any atom is -0.262 e. The number of thiazole rings is 1. The molecule has 0 amide bonds. The van der Waals surface area contributed by atoms with Gasteiger partial charge in [-0.1, -0.05) is 12.8 Å². The summed E-state index contributed by atoms with van der Waals surface area (Å²) in [5.41, 5.74) is 1.03. The molecule has 1 N–H and O–H groups in total. The monoisotopic (exact) mass is 248 g/mol. The summed E-state index contributed by atoms with van der Waals surface area (Å²) >= 11 is 1.67. The fraction of sp³-hybridized carbons (Fsp3) is 0.583. The summed E-state index contributed by atoms with van der Waals surface area (Å²) in [6.45, 7) is 4.04. The minimum absolute atomic E-state index is 0.588. The standard InChI is InChI=1S/C12H16N4S/c1-7-10(17-8(2)13-7)12-14-11(15-16-12)9-5-3-4-6-9/h9H,3-6H2,1-2H3,(H,14,15,16). The topological polar surface area (TPSA) is 54.5 Å². The van der Waals surface area contributed by atoms with Gasteiger partial charge >= 0.3 is 0 Å². The zero-order valence-electron chi connectivity index (χ0n) is 10.2. The van der Waals surface area contributed by atoms with Crippen molar-refractivity contribution in [3.05, 3.63) is 16.5 Å². The molecular weight excluding hydrogens is 232 g/mol. The fourth-order valence-electron chi connectivity index (χ4n) is 2.50. The lowest BCUT2D eigenvalue weighted by molar-refractivity contribution is 0.672. The molecule has 1 aliphatic rings. The van der Waals surface area contributed by atoms with Gasteiger partial charge in [0.05, 0.1) is 15.6 Å². The largest absolute Gasteiger partial charge is 0.262 e. The Labute approximate surface area is 105 Å². The Bertz CT molecular complexity index is 522. The van der Waals surface area contributed by atoms with Crippen molar-refractivity contribution in [1.29, 1.82) is 0 Å². The SMILES string of the molecule is Cc1nc(C)c(-c2n[nH]c(C3CCCC3)n2)s1. The first-order chi connectivity index (χ1) is 8.24. The van der Waals surface area contributed by atoms with E-state index in [1.807, 2.05) is 13.8 Å². The predicted octanol–water partition coefficient (Wildman–Crippen LogP) is 3.20. The summed E-state index contributed by atoms with van der Waals surface area (Å²) < 4.78 is 0. The molecular formula is C12H16N4S. The summed E-state index contributed by atoms with van der Waals surface area (Å²) in [5.74, 6) is 2.46. The Morgan fingerprint density at radius 2 is 1.94 bits per heavy atom. The molecule has 2 aromatic rings. The zero-order valence-corrected chi connectivity index (χ0v) is 11.0. The van der Waals surface area contributed by atoms with Gasteiger partial charge in [-0.3, -0.25) is 5.10 Å². The van der Waals surface area contributed by atoms with Crippen molar-refractivity contribution in [1.82, 2.24) is 20.2 Å². The van der Waals surface area contributed by atoms with E-state index in [-0.39, 0.29) is 0 Å². The molecule has 1 saturated carbocycles. The van der Waals surface area contributed by atoms with Gasteiger partial charge in [-0.2, -0.15) is 5.10 Å². The first-order valence-corrected chi connectivity index (χ1v) is 6.92. The molecule has 90 valence electrons. The second kappa shape index (κ2) is 4.22. The van der Waals surface area contributed by atoms with Gasteiger partial charge in [0, 0.05) is 5.92 Å². The highest BCUT2D eigenvalue weighted by Crippen LogP contribution is 2.34. The van der Waals surface area contributed by atoms with Gasteiger partial charge in [-0.15, -0.1) is 11.3 Å². The van der Waals surface area contributed by atoms with Gasteiger partial charge < -0.3 is 0 Å². The van der Waals surface area contributed by atoms with Gasteiger partial charge in [0.2, 0.25) is 0 Å². The average molecular weight is 248 g/mol. The van der Waals surface area contributed by atoms with Gasteiger partial charge in [0.15, 0.2) is 5.82 Å². The van der Waals surface area contributed by atoms with Crippen LogP contribution in [-0.4, -0.2) is 20.2 Å². The van der Waals surface area contributed by atoms with Crippen LogP contribution >= 0.6 is 11.3 Å². The van der Waals surface area contributed by atoms with E-state index in [2.05, 4.69) is 20.2 Å². The molecule has 2 aromatic heterocycles. The van der Waals surface area contributed by atoms with Crippen LogP contribution in [0.25, 0.3) is 10.7 Å². The number of aromatic amines is 1. The number of aromatic nitrogens is 4. The highest BCUT2D eigenvalue weighted by atomic mass is 32.1. The van der Waals surface area contributed by atoms with E-state index >= 15 is 0 Å². The van der Waals surface area contributed by atoms with Crippen molar-refractivity contribution in [3.63, 3.8) is 0 Å². The summed E-state index contributed by atoms with van der Waals surface area (Å²) in [7, 11) is 0. The molecule has 0 aliphatic heterocycles. The Kier molecular flexibility index (Phi) is 2.70. The molecule has 1 aliphatic carbocycles. The van der Waals surface area contributed by atoms with Gasteiger partial charge in [0.1, 0.15) is 5.82 Å². The van der Waals surface area contributed by atoms with Crippen LogP contribution in [-0.2, 0) is 0 Å². The lowest BCUT2D eigenvalue weighted by Gasteiger charge is -2.01. The van der Waals surface area contributed by atoms with Gasteiger partial charge in [0.25, 0.3) is 0 Å². The van der Waals surface area contributed by atoms with Crippen molar-refractivity contribution >= 4 is 11.3 Å². The summed E-state index contributed by atoms with van der Waals surface area (Å²) in [5, 5.41) is 8.51. The number of H-pyrrole nitrogens is 1. The molecule has 2 heterocycles. The molecule has 4 nitrogen and oxygen atoms in total. The van der Waals surface area contributed by atoms with E-state index in [4.69, 9.17) is 0 Å². The number of rotatable bonds is 2. The molecule has 0 aromatic carbocycles. The van der Waals surface area contributed by atoms with E-state index < -0.39 is 0 Å². The van der Waals surface area contributed by atoms with Crippen molar-refractivity contribution in [2.75, 3.05) is 0 Å². The Morgan fingerprint density at radius 1 is 1.18 bits per heavy atom. The number of hydrogen-bond donors (Lipinski definition) is 1. The van der Waals surface area contributed by atoms with Crippen LogP contribution in [0.5, 0.6) is 0 Å². The normalized spacial score (nSPS) is 16.8. The smallest absolute Gasteiger partial charge is 0.193 e. The molecule has 0 atom stereocenters. The lowest BCUT2D eigenvalue weighted by Crippen LogP contribution is -1.94. The maximum Gasteiger partial charge on any atom is 0.193 e. The third-order valence-electron chi connectivity index (χ3n) is 3.35. The molecule has 3 rings (SSSR count). The second-order valence-electron chi connectivity index (χ2n) is 4.67. The lowest BCUT2D eigenvalue weighted by atomic mass is 10.1. The highest BCUT2D eigenvalue weighted by Gasteiger charge is 2.21. The van der Waals surface area contributed by atoms with E-state index in [9.17, 15) is 0 Å². The average Bonchev–Trinajstić information content (AvgIpc) is 2.97.